The van der Waals surface area contributed by atoms with Gasteiger partial charge in [-0.25, -0.2) is 9.48 Å². The largest absolute Gasteiger partial charge is 0.435 e. The van der Waals surface area contributed by atoms with E-state index in [0.29, 0.717) is 18.8 Å². The molecule has 11 heteroatoms. The third-order valence-corrected chi connectivity index (χ3v) is 6.01. The molecule has 1 aliphatic carbocycles. The van der Waals surface area contributed by atoms with Crippen LogP contribution in [0.1, 0.15) is 47.4 Å². The molecule has 2 atom stereocenters. The van der Waals surface area contributed by atoms with Crippen LogP contribution in [0, 0.1) is 5.92 Å². The van der Waals surface area contributed by atoms with Gasteiger partial charge in [0.1, 0.15) is 0 Å². The molecule has 2 aliphatic rings. The second kappa shape index (κ2) is 10.3. The van der Waals surface area contributed by atoms with E-state index < -0.39 is 23.3 Å². The van der Waals surface area contributed by atoms with Gasteiger partial charge in [-0.3, -0.25) is 9.78 Å². The second-order valence-corrected chi connectivity index (χ2v) is 8.71. The molecule has 0 radical (unpaired) electrons. The summed E-state index contributed by atoms with van der Waals surface area (Å²) in [5.41, 5.74) is -0.390. The lowest BCUT2D eigenvalue weighted by Gasteiger charge is -2.17. The number of pyridine rings is 1. The summed E-state index contributed by atoms with van der Waals surface area (Å²) in [4.78, 5) is 31.0. The van der Waals surface area contributed by atoms with Crippen LogP contribution in [-0.2, 0) is 6.18 Å². The molecule has 2 unspecified atom stereocenters. The molecule has 0 aromatic carbocycles. The Morgan fingerprint density at radius 2 is 2.00 bits per heavy atom. The molecule has 1 fully saturated rings. The van der Waals surface area contributed by atoms with Crippen LogP contribution in [0.5, 0.6) is 0 Å². The Kier molecular flexibility index (Phi) is 7.23. The maximum Gasteiger partial charge on any atom is 0.435 e. The first-order valence-electron chi connectivity index (χ1n) is 11.5. The Balaban J connectivity index is 1.31. The molecule has 2 aromatic rings. The molecule has 1 saturated heterocycles. The number of aromatic nitrogens is 3. The standard InChI is InChI=1S/C24H27F3N6O2/c1-16-5-4-6-18(13-16)33-15-19(21(31-33)24(25,26)27)22(34)29-10-11-30-23(35)32-12-8-17(14-32)20-7-2-3-9-28-20/h2-4,6-7,9,13,15-17H,5,8,10-12,14H2,1H3,(H,29,34)(H,30,35). The van der Waals surface area contributed by atoms with E-state index in [1.165, 1.54) is 0 Å². The van der Waals surface area contributed by atoms with Gasteiger partial charge >= 0.3 is 12.2 Å². The van der Waals surface area contributed by atoms with E-state index in [1.807, 2.05) is 31.2 Å². The number of likely N-dealkylation sites (tertiary alicyclic amines) is 1. The zero-order chi connectivity index (χ0) is 25.0. The van der Waals surface area contributed by atoms with Gasteiger partial charge in [-0.2, -0.15) is 18.3 Å². The molecular weight excluding hydrogens is 461 g/mol. The molecule has 1 aliphatic heterocycles. The molecule has 2 aromatic heterocycles. The van der Waals surface area contributed by atoms with Crippen LogP contribution >= 0.6 is 0 Å². The number of halogens is 3. The third kappa shape index (κ3) is 5.90. The number of carbonyl (C=O) groups is 2. The summed E-state index contributed by atoms with van der Waals surface area (Å²) in [7, 11) is 0. The maximum atomic E-state index is 13.5. The van der Waals surface area contributed by atoms with E-state index >= 15 is 0 Å². The van der Waals surface area contributed by atoms with Crippen molar-refractivity contribution in [2.75, 3.05) is 26.2 Å². The monoisotopic (exact) mass is 488 g/mol. The summed E-state index contributed by atoms with van der Waals surface area (Å²) < 4.78 is 41.7. The SMILES string of the molecule is CC1C=C(n2cc(C(=O)NCCNC(=O)N3CCC(c4ccccn4)C3)c(C(F)(F)F)n2)C=CC1. The van der Waals surface area contributed by atoms with Crippen LogP contribution in [0.25, 0.3) is 5.70 Å². The number of nitrogens with zero attached hydrogens (tertiary/aromatic N) is 4. The number of nitrogens with one attached hydrogen (secondary N) is 2. The number of amides is 3. The van der Waals surface area contributed by atoms with Gasteiger partial charge in [-0.05, 0) is 37.0 Å². The number of urea groups is 1. The molecule has 35 heavy (non-hydrogen) atoms. The topological polar surface area (TPSA) is 92.2 Å². The summed E-state index contributed by atoms with van der Waals surface area (Å²) in [6, 6.07) is 5.39. The maximum absolute atomic E-state index is 13.5. The van der Waals surface area contributed by atoms with E-state index in [9.17, 15) is 22.8 Å². The summed E-state index contributed by atoms with van der Waals surface area (Å²) in [6.07, 6.45) is 4.97. The average molecular weight is 489 g/mol. The molecule has 3 heterocycles. The van der Waals surface area contributed by atoms with Crippen molar-refractivity contribution in [2.45, 2.75) is 31.9 Å². The molecule has 8 nitrogen and oxygen atoms in total. The Labute approximate surface area is 200 Å². The van der Waals surface area contributed by atoms with Gasteiger partial charge in [-0.15, -0.1) is 0 Å². The summed E-state index contributed by atoms with van der Waals surface area (Å²) in [6.45, 7) is 3.11. The van der Waals surface area contributed by atoms with Crippen molar-refractivity contribution in [3.8, 4) is 0 Å². The summed E-state index contributed by atoms with van der Waals surface area (Å²) in [5.74, 6) is -0.581. The number of hydrogen-bond donors (Lipinski definition) is 2. The average Bonchev–Trinajstić information content (AvgIpc) is 3.50. The summed E-state index contributed by atoms with van der Waals surface area (Å²) >= 11 is 0. The van der Waals surface area contributed by atoms with Crippen LogP contribution in [0.15, 0.2) is 48.8 Å². The number of hydrogen-bond acceptors (Lipinski definition) is 4. The van der Waals surface area contributed by atoms with E-state index in [1.54, 1.807) is 23.2 Å². The highest BCUT2D eigenvalue weighted by Gasteiger charge is 2.39. The van der Waals surface area contributed by atoms with Gasteiger partial charge in [0.25, 0.3) is 5.91 Å². The minimum absolute atomic E-state index is 0.0236. The van der Waals surface area contributed by atoms with Crippen molar-refractivity contribution in [3.05, 3.63) is 65.8 Å². The van der Waals surface area contributed by atoms with E-state index in [0.717, 1.165) is 29.4 Å². The summed E-state index contributed by atoms with van der Waals surface area (Å²) in [5, 5.41) is 8.78. The predicted molar refractivity (Wildman–Crippen MR) is 123 cm³/mol. The van der Waals surface area contributed by atoms with Gasteiger partial charge in [0.15, 0.2) is 5.69 Å². The fraction of sp³-hybridized carbons (Fsp3) is 0.417. The number of allylic oxidation sites excluding steroid dienone is 4. The smallest absolute Gasteiger partial charge is 0.350 e. The fourth-order valence-corrected chi connectivity index (χ4v) is 4.21. The van der Waals surface area contributed by atoms with Crippen molar-refractivity contribution in [1.29, 1.82) is 0 Å². The van der Waals surface area contributed by atoms with Crippen LogP contribution in [0.2, 0.25) is 0 Å². The van der Waals surface area contributed by atoms with Crippen molar-refractivity contribution in [2.24, 2.45) is 5.92 Å². The molecule has 0 bridgehead atoms. The minimum Gasteiger partial charge on any atom is -0.350 e. The van der Waals surface area contributed by atoms with Crippen LogP contribution < -0.4 is 10.6 Å². The molecule has 0 spiro atoms. The highest BCUT2D eigenvalue weighted by molar-refractivity contribution is 5.95. The van der Waals surface area contributed by atoms with E-state index in [2.05, 4.69) is 20.7 Å². The molecular formula is C24H27F3N6O2. The first-order chi connectivity index (χ1) is 16.7. The van der Waals surface area contributed by atoms with Crippen molar-refractivity contribution < 1.29 is 22.8 Å². The lowest BCUT2D eigenvalue weighted by molar-refractivity contribution is -0.141. The molecule has 3 amide bonds. The predicted octanol–water partition coefficient (Wildman–Crippen LogP) is 3.66. The number of alkyl halides is 3. The highest BCUT2D eigenvalue weighted by atomic mass is 19.4. The third-order valence-electron chi connectivity index (χ3n) is 6.01. The van der Waals surface area contributed by atoms with E-state index in [-0.39, 0.29) is 31.0 Å². The van der Waals surface area contributed by atoms with E-state index in [4.69, 9.17) is 0 Å². The van der Waals surface area contributed by atoms with Gasteiger partial charge < -0.3 is 15.5 Å². The fourth-order valence-electron chi connectivity index (χ4n) is 4.21. The first-order valence-corrected chi connectivity index (χ1v) is 11.5. The van der Waals surface area contributed by atoms with Crippen molar-refractivity contribution >= 4 is 17.6 Å². The van der Waals surface area contributed by atoms with Gasteiger partial charge in [0.05, 0.1) is 11.3 Å². The van der Waals surface area contributed by atoms with Crippen molar-refractivity contribution in [1.82, 2.24) is 30.3 Å². The lowest BCUT2D eigenvalue weighted by atomic mass is 10.0. The zero-order valence-electron chi connectivity index (χ0n) is 19.3. The van der Waals surface area contributed by atoms with Gasteiger partial charge in [0.2, 0.25) is 0 Å². The molecule has 2 N–H and O–H groups in total. The normalized spacial score (nSPS) is 20.0. The lowest BCUT2D eigenvalue weighted by Crippen LogP contribution is -2.42. The van der Waals surface area contributed by atoms with Gasteiger partial charge in [0, 0.05) is 50.2 Å². The number of carbonyl (C=O) groups excluding carboxylic acids is 2. The molecule has 4 rings (SSSR count). The van der Waals surface area contributed by atoms with Crippen LogP contribution in [0.3, 0.4) is 0 Å². The Bertz CT molecular complexity index is 1130. The first kappa shape index (κ1) is 24.5. The zero-order valence-corrected chi connectivity index (χ0v) is 19.3. The minimum atomic E-state index is -4.78. The highest BCUT2D eigenvalue weighted by Crippen LogP contribution is 2.32. The molecule has 186 valence electrons. The Hall–Kier alpha value is -3.63. The Morgan fingerprint density at radius 3 is 2.71 bits per heavy atom. The van der Waals surface area contributed by atoms with Gasteiger partial charge in [-0.1, -0.05) is 25.1 Å². The second-order valence-electron chi connectivity index (χ2n) is 8.71. The van der Waals surface area contributed by atoms with Crippen LogP contribution in [0.4, 0.5) is 18.0 Å². The van der Waals surface area contributed by atoms with Crippen molar-refractivity contribution in [3.63, 3.8) is 0 Å². The molecule has 0 saturated carbocycles. The quantitative estimate of drug-likeness (QED) is 0.607. The Morgan fingerprint density at radius 1 is 1.20 bits per heavy atom. The van der Waals surface area contributed by atoms with Crippen LogP contribution in [-0.4, -0.2) is 57.8 Å². The number of rotatable bonds is 6.